The molecular weight excluding hydrogens is 420 g/mol. The lowest BCUT2D eigenvalue weighted by molar-refractivity contribution is 0.0942. The maximum Gasteiger partial charge on any atom is 0.255 e. The number of nitrogens with zero attached hydrogens (tertiary/aromatic N) is 2. The van der Waals surface area contributed by atoms with Gasteiger partial charge in [0.15, 0.2) is 0 Å². The summed E-state index contributed by atoms with van der Waals surface area (Å²) in [7, 11) is 0. The van der Waals surface area contributed by atoms with E-state index in [1.165, 1.54) is 0 Å². The second kappa shape index (κ2) is 8.80. The van der Waals surface area contributed by atoms with Crippen molar-refractivity contribution >= 4 is 23.2 Å². The van der Waals surface area contributed by atoms with E-state index in [0.717, 1.165) is 29.0 Å². The highest BCUT2D eigenvalue weighted by Gasteiger charge is 2.23. The van der Waals surface area contributed by atoms with E-state index in [1.54, 1.807) is 34.3 Å². The van der Waals surface area contributed by atoms with Crippen LogP contribution in [0.15, 0.2) is 78.3 Å². The number of aromatic nitrogens is 2. The summed E-state index contributed by atoms with van der Waals surface area (Å²) in [5, 5.41) is 12.6. The van der Waals surface area contributed by atoms with E-state index in [2.05, 4.69) is 15.7 Å². The van der Waals surface area contributed by atoms with Crippen molar-refractivity contribution in [3.63, 3.8) is 0 Å². The Hall–Kier alpha value is -3.71. The number of para-hydroxylation sites is 1. The first-order valence-electron chi connectivity index (χ1n) is 10.5. The van der Waals surface area contributed by atoms with Crippen molar-refractivity contribution in [1.29, 1.82) is 0 Å². The lowest BCUT2D eigenvalue weighted by Crippen LogP contribution is -2.25. The molecule has 2 aromatic heterocycles. The first-order chi connectivity index (χ1) is 15.7. The van der Waals surface area contributed by atoms with Crippen molar-refractivity contribution in [2.45, 2.75) is 25.4 Å². The van der Waals surface area contributed by atoms with Gasteiger partial charge >= 0.3 is 0 Å². The van der Waals surface area contributed by atoms with E-state index >= 15 is 0 Å². The van der Waals surface area contributed by atoms with Gasteiger partial charge in [0.2, 0.25) is 0 Å². The van der Waals surface area contributed by atoms with Gasteiger partial charge in [-0.3, -0.25) is 9.59 Å². The summed E-state index contributed by atoms with van der Waals surface area (Å²) in [6.07, 6.45) is 3.89. The van der Waals surface area contributed by atoms with Crippen molar-refractivity contribution in [3.05, 3.63) is 95.0 Å². The van der Waals surface area contributed by atoms with E-state index in [0.29, 0.717) is 29.4 Å². The van der Waals surface area contributed by atoms with Crippen molar-refractivity contribution in [3.8, 4) is 16.3 Å². The quantitative estimate of drug-likeness (QED) is 0.445. The van der Waals surface area contributed by atoms with E-state index in [-0.39, 0.29) is 11.8 Å². The maximum atomic E-state index is 13.1. The Morgan fingerprint density at radius 2 is 1.75 bits per heavy atom. The van der Waals surface area contributed by atoms with Gasteiger partial charge < -0.3 is 10.6 Å². The van der Waals surface area contributed by atoms with Crippen LogP contribution < -0.4 is 10.6 Å². The number of benzene rings is 2. The van der Waals surface area contributed by atoms with Crippen LogP contribution in [0, 0.1) is 0 Å². The molecule has 0 radical (unpaired) electrons. The molecule has 0 atom stereocenters. The van der Waals surface area contributed by atoms with Crippen molar-refractivity contribution < 1.29 is 9.59 Å². The second-order valence-corrected chi connectivity index (χ2v) is 8.72. The Morgan fingerprint density at radius 1 is 0.969 bits per heavy atom. The molecule has 2 amide bonds. The Kier molecular flexibility index (Phi) is 5.56. The van der Waals surface area contributed by atoms with Gasteiger partial charge in [0, 0.05) is 24.3 Å². The minimum atomic E-state index is -0.189. The highest BCUT2D eigenvalue weighted by Crippen LogP contribution is 2.28. The summed E-state index contributed by atoms with van der Waals surface area (Å²) in [6, 6.07) is 21.3. The minimum absolute atomic E-state index is 0.0444. The predicted octanol–water partition coefficient (Wildman–Crippen LogP) is 4.42. The van der Waals surface area contributed by atoms with Crippen LogP contribution in [0.4, 0.5) is 0 Å². The standard InChI is InChI=1S/C25H22N4O2S/c30-24(27-19-12-13-19)18-10-8-17(9-11-18)15-26-25(31)21-16-29(20-5-2-1-3-6-20)28-23(21)22-7-4-14-32-22/h1-11,14,16,19H,12-13,15H2,(H,26,31)(H,27,30). The fourth-order valence-electron chi connectivity index (χ4n) is 3.40. The molecule has 2 aromatic carbocycles. The van der Waals surface area contributed by atoms with Crippen LogP contribution in [-0.4, -0.2) is 27.6 Å². The molecule has 2 N–H and O–H groups in total. The third kappa shape index (κ3) is 4.48. The summed E-state index contributed by atoms with van der Waals surface area (Å²) in [4.78, 5) is 26.1. The molecule has 1 aliphatic carbocycles. The summed E-state index contributed by atoms with van der Waals surface area (Å²) in [5.74, 6) is -0.233. The summed E-state index contributed by atoms with van der Waals surface area (Å²) >= 11 is 1.55. The zero-order chi connectivity index (χ0) is 21.9. The fourth-order valence-corrected chi connectivity index (χ4v) is 4.12. The Labute approximate surface area is 189 Å². The number of amides is 2. The highest BCUT2D eigenvalue weighted by molar-refractivity contribution is 7.13. The number of nitrogens with one attached hydrogen (secondary N) is 2. The minimum Gasteiger partial charge on any atom is -0.349 e. The molecule has 4 aromatic rings. The lowest BCUT2D eigenvalue weighted by atomic mass is 10.1. The smallest absolute Gasteiger partial charge is 0.255 e. The first kappa shape index (κ1) is 20.2. The monoisotopic (exact) mass is 442 g/mol. The van der Waals surface area contributed by atoms with Gasteiger partial charge in [-0.25, -0.2) is 4.68 Å². The molecule has 1 aliphatic rings. The van der Waals surface area contributed by atoms with Crippen LogP contribution in [-0.2, 0) is 6.54 Å². The third-order valence-electron chi connectivity index (χ3n) is 5.32. The molecule has 32 heavy (non-hydrogen) atoms. The Balaban J connectivity index is 1.31. The largest absolute Gasteiger partial charge is 0.349 e. The van der Waals surface area contributed by atoms with E-state index in [1.807, 2.05) is 60.0 Å². The number of carbonyl (C=O) groups is 2. The van der Waals surface area contributed by atoms with Gasteiger partial charge in [0.1, 0.15) is 5.69 Å². The van der Waals surface area contributed by atoms with E-state index in [9.17, 15) is 9.59 Å². The molecule has 1 saturated carbocycles. The van der Waals surface area contributed by atoms with E-state index in [4.69, 9.17) is 0 Å². The summed E-state index contributed by atoms with van der Waals surface area (Å²) in [5.41, 5.74) is 3.64. The van der Waals surface area contributed by atoms with Gasteiger partial charge in [0.05, 0.1) is 16.1 Å². The SMILES string of the molecule is O=C(NC1CC1)c1ccc(CNC(=O)c2cn(-c3ccccc3)nc2-c2cccs2)cc1. The number of hydrogen-bond acceptors (Lipinski definition) is 4. The second-order valence-electron chi connectivity index (χ2n) is 7.78. The number of hydrogen-bond donors (Lipinski definition) is 2. The molecule has 7 heteroatoms. The molecule has 6 nitrogen and oxygen atoms in total. The average Bonchev–Trinajstić information content (AvgIpc) is 3.29. The van der Waals surface area contributed by atoms with Crippen molar-refractivity contribution in [2.75, 3.05) is 0 Å². The van der Waals surface area contributed by atoms with Gasteiger partial charge in [-0.2, -0.15) is 5.10 Å². The molecule has 0 bridgehead atoms. The van der Waals surface area contributed by atoms with Crippen LogP contribution in [0.2, 0.25) is 0 Å². The molecule has 1 fully saturated rings. The molecule has 160 valence electrons. The van der Waals surface area contributed by atoms with Crippen molar-refractivity contribution in [2.24, 2.45) is 0 Å². The lowest BCUT2D eigenvalue weighted by Gasteiger charge is -2.07. The predicted molar refractivity (Wildman–Crippen MR) is 125 cm³/mol. The summed E-state index contributed by atoms with van der Waals surface area (Å²) in [6.45, 7) is 0.365. The maximum absolute atomic E-state index is 13.1. The van der Waals surface area contributed by atoms with Gasteiger partial charge in [-0.1, -0.05) is 36.4 Å². The van der Waals surface area contributed by atoms with Crippen LogP contribution >= 0.6 is 11.3 Å². The average molecular weight is 443 g/mol. The zero-order valence-electron chi connectivity index (χ0n) is 17.3. The molecule has 5 rings (SSSR count). The number of rotatable bonds is 7. The van der Waals surface area contributed by atoms with Gasteiger partial charge in [0.25, 0.3) is 11.8 Å². The van der Waals surface area contributed by atoms with Gasteiger partial charge in [-0.05, 0) is 54.1 Å². The normalized spacial score (nSPS) is 13.0. The topological polar surface area (TPSA) is 76.0 Å². The van der Waals surface area contributed by atoms with Crippen LogP contribution in [0.1, 0.15) is 39.1 Å². The third-order valence-corrected chi connectivity index (χ3v) is 6.19. The zero-order valence-corrected chi connectivity index (χ0v) is 18.1. The summed E-state index contributed by atoms with van der Waals surface area (Å²) < 4.78 is 1.73. The number of thiophene rings is 1. The van der Waals surface area contributed by atoms with Crippen LogP contribution in [0.5, 0.6) is 0 Å². The fraction of sp³-hybridized carbons (Fsp3) is 0.160. The van der Waals surface area contributed by atoms with Crippen molar-refractivity contribution in [1.82, 2.24) is 20.4 Å². The molecule has 0 spiro atoms. The molecule has 2 heterocycles. The number of carbonyl (C=O) groups excluding carboxylic acids is 2. The van der Waals surface area contributed by atoms with Crippen LogP contribution in [0.25, 0.3) is 16.3 Å². The molecule has 0 aliphatic heterocycles. The molecule has 0 saturated heterocycles. The van der Waals surface area contributed by atoms with Crippen LogP contribution in [0.3, 0.4) is 0 Å². The van der Waals surface area contributed by atoms with E-state index < -0.39 is 0 Å². The van der Waals surface area contributed by atoms with Gasteiger partial charge in [-0.15, -0.1) is 11.3 Å². The molecular formula is C25H22N4O2S. The first-order valence-corrected chi connectivity index (χ1v) is 11.4. The Bertz CT molecular complexity index is 1230. The Morgan fingerprint density at radius 3 is 2.44 bits per heavy atom. The highest BCUT2D eigenvalue weighted by atomic mass is 32.1. The molecule has 0 unspecified atom stereocenters.